The molecule has 2 aromatic rings. The average molecular weight is 346 g/mol. The molecule has 1 amide bonds. The standard InChI is InChI=1S/C18H22N2O3S/c1-14(2)15-7-6-8-16(13-15)20-18(21)11-12-19-24(22,23)17-9-4-3-5-10-17/h3-10,13-14,19H,11-12H2,1-2H3,(H,20,21). The first kappa shape index (κ1) is 18.2. The van der Waals surface area contributed by atoms with Crippen molar-refractivity contribution in [2.45, 2.75) is 31.1 Å². The molecule has 0 heterocycles. The second kappa shape index (κ2) is 8.08. The fourth-order valence-corrected chi connectivity index (χ4v) is 3.23. The second-order valence-corrected chi connectivity index (χ2v) is 7.56. The monoisotopic (exact) mass is 346 g/mol. The molecule has 0 aromatic heterocycles. The van der Waals surface area contributed by atoms with E-state index in [4.69, 9.17) is 0 Å². The highest BCUT2D eigenvalue weighted by Crippen LogP contribution is 2.18. The number of carbonyl (C=O) groups excluding carboxylic acids is 1. The normalized spacial score (nSPS) is 11.5. The van der Waals surface area contributed by atoms with Gasteiger partial charge in [0, 0.05) is 18.7 Å². The summed E-state index contributed by atoms with van der Waals surface area (Å²) in [5.41, 5.74) is 1.86. The van der Waals surface area contributed by atoms with Gasteiger partial charge in [-0.15, -0.1) is 0 Å². The molecule has 128 valence electrons. The van der Waals surface area contributed by atoms with Gasteiger partial charge in [0.25, 0.3) is 0 Å². The fourth-order valence-electron chi connectivity index (χ4n) is 2.18. The molecule has 0 spiro atoms. The van der Waals surface area contributed by atoms with E-state index in [9.17, 15) is 13.2 Å². The van der Waals surface area contributed by atoms with Crippen LogP contribution in [0.1, 0.15) is 31.7 Å². The number of anilines is 1. The molecule has 2 rings (SSSR count). The second-order valence-electron chi connectivity index (χ2n) is 5.79. The van der Waals surface area contributed by atoms with Crippen molar-refractivity contribution >= 4 is 21.6 Å². The lowest BCUT2D eigenvalue weighted by Crippen LogP contribution is -2.27. The van der Waals surface area contributed by atoms with Crippen LogP contribution in [0.25, 0.3) is 0 Å². The Bertz CT molecular complexity index is 787. The molecule has 0 radical (unpaired) electrons. The maximum atomic E-state index is 12.0. The number of benzene rings is 2. The molecule has 0 aliphatic carbocycles. The molecule has 5 nitrogen and oxygen atoms in total. The van der Waals surface area contributed by atoms with Crippen molar-refractivity contribution in [3.05, 3.63) is 60.2 Å². The Labute approximate surface area is 143 Å². The van der Waals surface area contributed by atoms with Gasteiger partial charge in [0.15, 0.2) is 0 Å². The lowest BCUT2D eigenvalue weighted by atomic mass is 10.0. The number of rotatable bonds is 7. The summed E-state index contributed by atoms with van der Waals surface area (Å²) in [6, 6.07) is 15.7. The highest BCUT2D eigenvalue weighted by atomic mass is 32.2. The van der Waals surface area contributed by atoms with Crippen molar-refractivity contribution in [1.82, 2.24) is 4.72 Å². The van der Waals surface area contributed by atoms with Gasteiger partial charge in [0.2, 0.25) is 15.9 Å². The van der Waals surface area contributed by atoms with E-state index < -0.39 is 10.0 Å². The van der Waals surface area contributed by atoms with Gasteiger partial charge < -0.3 is 5.32 Å². The summed E-state index contributed by atoms with van der Waals surface area (Å²) >= 11 is 0. The Morgan fingerprint density at radius 1 is 1.04 bits per heavy atom. The van der Waals surface area contributed by atoms with Crippen LogP contribution in [0.5, 0.6) is 0 Å². The van der Waals surface area contributed by atoms with Gasteiger partial charge in [0.1, 0.15) is 0 Å². The fraction of sp³-hybridized carbons (Fsp3) is 0.278. The molecular formula is C18H22N2O3S. The zero-order valence-corrected chi connectivity index (χ0v) is 14.6. The summed E-state index contributed by atoms with van der Waals surface area (Å²) in [4.78, 5) is 12.2. The number of hydrogen-bond donors (Lipinski definition) is 2. The third kappa shape index (κ3) is 5.18. The van der Waals surface area contributed by atoms with E-state index in [0.29, 0.717) is 5.92 Å². The minimum absolute atomic E-state index is 0.0485. The summed E-state index contributed by atoms with van der Waals surface area (Å²) in [5, 5.41) is 2.79. The van der Waals surface area contributed by atoms with Crippen molar-refractivity contribution in [2.24, 2.45) is 0 Å². The van der Waals surface area contributed by atoms with Gasteiger partial charge in [-0.2, -0.15) is 0 Å². The summed E-state index contributed by atoms with van der Waals surface area (Å²) < 4.78 is 26.5. The number of carbonyl (C=O) groups is 1. The van der Waals surface area contributed by atoms with Crippen molar-refractivity contribution < 1.29 is 13.2 Å². The maximum Gasteiger partial charge on any atom is 0.240 e. The van der Waals surface area contributed by atoms with Crippen LogP contribution in [0.2, 0.25) is 0 Å². The molecule has 0 unspecified atom stereocenters. The molecular weight excluding hydrogens is 324 g/mol. The maximum absolute atomic E-state index is 12.0. The average Bonchev–Trinajstić information content (AvgIpc) is 2.55. The van der Waals surface area contributed by atoms with Gasteiger partial charge in [-0.05, 0) is 35.7 Å². The molecule has 0 bridgehead atoms. The molecule has 2 N–H and O–H groups in total. The third-order valence-electron chi connectivity index (χ3n) is 3.53. The summed E-state index contributed by atoms with van der Waals surface area (Å²) in [6.07, 6.45) is 0.0674. The van der Waals surface area contributed by atoms with Crippen molar-refractivity contribution in [3.63, 3.8) is 0 Å². The van der Waals surface area contributed by atoms with Crippen LogP contribution < -0.4 is 10.0 Å². The molecule has 0 aliphatic heterocycles. The number of nitrogens with one attached hydrogen (secondary N) is 2. The Morgan fingerprint density at radius 3 is 2.42 bits per heavy atom. The van der Waals surface area contributed by atoms with Crippen LogP contribution in [0.15, 0.2) is 59.5 Å². The van der Waals surface area contributed by atoms with Gasteiger partial charge in [-0.3, -0.25) is 4.79 Å². The number of hydrogen-bond acceptors (Lipinski definition) is 3. The smallest absolute Gasteiger partial charge is 0.240 e. The Kier molecular flexibility index (Phi) is 6.11. The van der Waals surface area contributed by atoms with Crippen LogP contribution in [0, 0.1) is 0 Å². The van der Waals surface area contributed by atoms with E-state index in [1.807, 2.05) is 24.3 Å². The Morgan fingerprint density at radius 2 is 1.75 bits per heavy atom. The molecule has 2 aromatic carbocycles. The Balaban J connectivity index is 1.87. The zero-order valence-electron chi connectivity index (χ0n) is 13.8. The lowest BCUT2D eigenvalue weighted by molar-refractivity contribution is -0.116. The molecule has 0 aliphatic rings. The third-order valence-corrected chi connectivity index (χ3v) is 5.01. The van der Waals surface area contributed by atoms with Crippen LogP contribution in [-0.2, 0) is 14.8 Å². The zero-order chi connectivity index (χ0) is 17.6. The first-order valence-electron chi connectivity index (χ1n) is 7.83. The summed E-state index contributed by atoms with van der Waals surface area (Å²) in [5.74, 6) is 0.145. The molecule has 24 heavy (non-hydrogen) atoms. The van der Waals surface area contributed by atoms with Crippen LogP contribution in [0.4, 0.5) is 5.69 Å². The van der Waals surface area contributed by atoms with E-state index in [1.165, 1.54) is 12.1 Å². The van der Waals surface area contributed by atoms with Crippen LogP contribution >= 0.6 is 0 Å². The van der Waals surface area contributed by atoms with Gasteiger partial charge >= 0.3 is 0 Å². The van der Waals surface area contributed by atoms with Crippen molar-refractivity contribution in [1.29, 1.82) is 0 Å². The van der Waals surface area contributed by atoms with E-state index in [-0.39, 0.29) is 23.8 Å². The van der Waals surface area contributed by atoms with E-state index in [2.05, 4.69) is 23.9 Å². The molecule has 0 saturated carbocycles. The van der Waals surface area contributed by atoms with Gasteiger partial charge in [0.05, 0.1) is 4.90 Å². The van der Waals surface area contributed by atoms with E-state index in [0.717, 1.165) is 11.3 Å². The van der Waals surface area contributed by atoms with E-state index >= 15 is 0 Å². The minimum atomic E-state index is -3.58. The van der Waals surface area contributed by atoms with Crippen LogP contribution in [-0.4, -0.2) is 20.9 Å². The molecule has 0 fully saturated rings. The molecule has 0 atom stereocenters. The summed E-state index contributed by atoms with van der Waals surface area (Å²) in [6.45, 7) is 4.21. The predicted molar refractivity (Wildman–Crippen MR) is 95.4 cm³/mol. The first-order chi connectivity index (χ1) is 11.4. The lowest BCUT2D eigenvalue weighted by Gasteiger charge is -2.10. The largest absolute Gasteiger partial charge is 0.326 e. The highest BCUT2D eigenvalue weighted by molar-refractivity contribution is 7.89. The number of sulfonamides is 1. The molecule has 6 heteroatoms. The number of amides is 1. The Hall–Kier alpha value is -2.18. The van der Waals surface area contributed by atoms with Crippen LogP contribution in [0.3, 0.4) is 0 Å². The predicted octanol–water partition coefficient (Wildman–Crippen LogP) is 3.12. The summed E-state index contributed by atoms with van der Waals surface area (Å²) in [7, 11) is -3.58. The first-order valence-corrected chi connectivity index (χ1v) is 9.31. The van der Waals surface area contributed by atoms with Gasteiger partial charge in [-0.25, -0.2) is 13.1 Å². The van der Waals surface area contributed by atoms with E-state index in [1.54, 1.807) is 18.2 Å². The van der Waals surface area contributed by atoms with Crippen molar-refractivity contribution in [3.8, 4) is 0 Å². The molecule has 0 saturated heterocycles. The SMILES string of the molecule is CC(C)c1cccc(NC(=O)CCNS(=O)(=O)c2ccccc2)c1. The van der Waals surface area contributed by atoms with Gasteiger partial charge in [-0.1, -0.05) is 44.2 Å². The van der Waals surface area contributed by atoms with Crippen molar-refractivity contribution in [2.75, 3.05) is 11.9 Å². The quantitative estimate of drug-likeness (QED) is 0.809. The highest BCUT2D eigenvalue weighted by Gasteiger charge is 2.13. The minimum Gasteiger partial charge on any atom is -0.326 e. The topological polar surface area (TPSA) is 75.3 Å².